The highest BCUT2D eigenvalue weighted by atomic mass is 35.5. The van der Waals surface area contributed by atoms with Crippen LogP contribution in [0.4, 0.5) is 0 Å². The first-order chi connectivity index (χ1) is 15.3. The van der Waals surface area contributed by atoms with Gasteiger partial charge in [0.05, 0.1) is 23.1 Å². The molecule has 10 heteroatoms. The van der Waals surface area contributed by atoms with Crippen molar-refractivity contribution in [3.8, 4) is 11.6 Å². The van der Waals surface area contributed by atoms with Crippen molar-refractivity contribution in [3.05, 3.63) is 58.5 Å². The standard InChI is InChI=1S/C22H25ClN6O3/c1-13-18(11-25-29(13)16-7-3-14(23)4-8-16)21(31)26-15-5-9-17(10-6-15)32-22-19(20(24)30)12-28(2)27-22/h3-4,7-8,11-12,15,17H,5-6,9-10H2,1-2H3,(H2,24,30)(H,26,31)/t15-,17-. The molecule has 168 valence electrons. The Kier molecular flexibility index (Phi) is 6.18. The van der Waals surface area contributed by atoms with Crippen molar-refractivity contribution in [2.75, 3.05) is 0 Å². The van der Waals surface area contributed by atoms with Gasteiger partial charge in [-0.25, -0.2) is 4.68 Å². The van der Waals surface area contributed by atoms with Gasteiger partial charge < -0.3 is 15.8 Å². The summed E-state index contributed by atoms with van der Waals surface area (Å²) in [6.07, 6.45) is 6.06. The third kappa shape index (κ3) is 4.62. The van der Waals surface area contributed by atoms with Crippen LogP contribution in [0.5, 0.6) is 5.88 Å². The molecule has 1 aliphatic rings. The van der Waals surface area contributed by atoms with Gasteiger partial charge in [-0.3, -0.25) is 14.3 Å². The zero-order valence-corrected chi connectivity index (χ0v) is 18.7. The maximum Gasteiger partial charge on any atom is 0.255 e. The Morgan fingerprint density at radius 2 is 1.84 bits per heavy atom. The summed E-state index contributed by atoms with van der Waals surface area (Å²) < 4.78 is 9.15. The molecule has 0 spiro atoms. The first kappa shape index (κ1) is 21.9. The number of nitrogens with one attached hydrogen (secondary N) is 1. The lowest BCUT2D eigenvalue weighted by Gasteiger charge is -2.29. The van der Waals surface area contributed by atoms with Crippen LogP contribution in [0, 0.1) is 6.92 Å². The number of primary amides is 1. The van der Waals surface area contributed by atoms with Crippen molar-refractivity contribution in [2.45, 2.75) is 44.8 Å². The number of amides is 2. The summed E-state index contributed by atoms with van der Waals surface area (Å²) in [6, 6.07) is 7.33. The third-order valence-electron chi connectivity index (χ3n) is 5.67. The predicted molar refractivity (Wildman–Crippen MR) is 119 cm³/mol. The molecule has 0 bridgehead atoms. The number of hydrogen-bond donors (Lipinski definition) is 2. The first-order valence-corrected chi connectivity index (χ1v) is 10.8. The Morgan fingerprint density at radius 1 is 1.16 bits per heavy atom. The lowest BCUT2D eigenvalue weighted by atomic mass is 9.92. The summed E-state index contributed by atoms with van der Waals surface area (Å²) in [6.45, 7) is 1.87. The molecular formula is C22H25ClN6O3. The number of aryl methyl sites for hydroxylation is 1. The van der Waals surface area contributed by atoms with Gasteiger partial charge in [-0.1, -0.05) is 11.6 Å². The van der Waals surface area contributed by atoms with Crippen LogP contribution in [-0.2, 0) is 7.05 Å². The molecule has 0 aliphatic heterocycles. The first-order valence-electron chi connectivity index (χ1n) is 10.4. The molecule has 1 fully saturated rings. The van der Waals surface area contributed by atoms with Crippen molar-refractivity contribution in [1.29, 1.82) is 0 Å². The number of hydrogen-bond acceptors (Lipinski definition) is 5. The van der Waals surface area contributed by atoms with E-state index in [1.807, 2.05) is 19.1 Å². The number of rotatable bonds is 6. The second-order valence-electron chi connectivity index (χ2n) is 7.98. The van der Waals surface area contributed by atoms with Crippen LogP contribution in [-0.4, -0.2) is 43.5 Å². The molecule has 3 aromatic rings. The van der Waals surface area contributed by atoms with E-state index >= 15 is 0 Å². The maximum atomic E-state index is 12.8. The average molecular weight is 457 g/mol. The summed E-state index contributed by atoms with van der Waals surface area (Å²) in [7, 11) is 1.71. The minimum atomic E-state index is -0.566. The zero-order chi connectivity index (χ0) is 22.8. The Hall–Kier alpha value is -3.33. The number of nitrogens with zero attached hydrogens (tertiary/aromatic N) is 4. The number of ether oxygens (including phenoxy) is 1. The molecule has 2 amide bonds. The number of carbonyl (C=O) groups excluding carboxylic acids is 2. The Bertz CT molecular complexity index is 1130. The fraction of sp³-hybridized carbons (Fsp3) is 0.364. The minimum Gasteiger partial charge on any atom is -0.473 e. The predicted octanol–water partition coefficient (Wildman–Crippen LogP) is 2.79. The van der Waals surface area contributed by atoms with Gasteiger partial charge in [0.25, 0.3) is 11.8 Å². The summed E-state index contributed by atoms with van der Waals surface area (Å²) in [5.41, 5.74) is 7.81. The maximum absolute atomic E-state index is 12.8. The molecule has 1 saturated carbocycles. The van der Waals surface area contributed by atoms with Crippen LogP contribution >= 0.6 is 11.6 Å². The van der Waals surface area contributed by atoms with Crippen LogP contribution in [0.3, 0.4) is 0 Å². The van der Waals surface area contributed by atoms with E-state index in [4.69, 9.17) is 22.1 Å². The van der Waals surface area contributed by atoms with Crippen molar-refractivity contribution < 1.29 is 14.3 Å². The van der Waals surface area contributed by atoms with Gasteiger partial charge in [0, 0.05) is 24.3 Å². The molecular weight excluding hydrogens is 432 g/mol. The largest absolute Gasteiger partial charge is 0.473 e. The van der Waals surface area contributed by atoms with Crippen molar-refractivity contribution in [1.82, 2.24) is 24.9 Å². The number of carbonyl (C=O) groups is 2. The Labute approximate surface area is 190 Å². The van der Waals surface area contributed by atoms with Crippen LogP contribution in [0.2, 0.25) is 5.02 Å². The summed E-state index contributed by atoms with van der Waals surface area (Å²) in [5.74, 6) is -0.450. The van der Waals surface area contributed by atoms with E-state index < -0.39 is 5.91 Å². The highest BCUT2D eigenvalue weighted by molar-refractivity contribution is 6.30. The van der Waals surface area contributed by atoms with E-state index in [9.17, 15) is 9.59 Å². The molecule has 2 heterocycles. The van der Waals surface area contributed by atoms with E-state index in [1.54, 1.807) is 36.3 Å². The van der Waals surface area contributed by atoms with E-state index in [0.29, 0.717) is 10.6 Å². The van der Waals surface area contributed by atoms with Gasteiger partial charge in [-0.2, -0.15) is 5.10 Å². The SMILES string of the molecule is Cc1c(C(=O)N[C@H]2CC[C@H](Oc3nn(C)cc3C(N)=O)CC2)cnn1-c1ccc(Cl)cc1. The molecule has 32 heavy (non-hydrogen) atoms. The van der Waals surface area contributed by atoms with Gasteiger partial charge in [0.15, 0.2) is 0 Å². The fourth-order valence-electron chi connectivity index (χ4n) is 3.95. The number of benzene rings is 1. The third-order valence-corrected chi connectivity index (χ3v) is 5.93. The molecule has 0 saturated heterocycles. The summed E-state index contributed by atoms with van der Waals surface area (Å²) in [4.78, 5) is 24.4. The van der Waals surface area contributed by atoms with E-state index in [1.165, 1.54) is 4.68 Å². The second kappa shape index (κ2) is 9.04. The van der Waals surface area contributed by atoms with E-state index in [2.05, 4.69) is 15.5 Å². The number of aromatic nitrogens is 4. The average Bonchev–Trinajstić information content (AvgIpc) is 3.32. The zero-order valence-electron chi connectivity index (χ0n) is 17.9. The molecule has 1 aromatic carbocycles. The fourth-order valence-corrected chi connectivity index (χ4v) is 4.07. The smallest absolute Gasteiger partial charge is 0.255 e. The highest BCUT2D eigenvalue weighted by Crippen LogP contribution is 2.25. The summed E-state index contributed by atoms with van der Waals surface area (Å²) in [5, 5.41) is 12.3. The van der Waals surface area contributed by atoms with Crippen molar-refractivity contribution in [3.63, 3.8) is 0 Å². The second-order valence-corrected chi connectivity index (χ2v) is 8.42. The number of nitrogens with two attached hydrogens (primary N) is 1. The molecule has 1 aliphatic carbocycles. The van der Waals surface area contributed by atoms with Crippen LogP contribution < -0.4 is 15.8 Å². The van der Waals surface area contributed by atoms with Crippen LogP contribution in [0.25, 0.3) is 5.69 Å². The normalized spacial score (nSPS) is 18.3. The molecule has 0 atom stereocenters. The highest BCUT2D eigenvalue weighted by Gasteiger charge is 2.27. The van der Waals surface area contributed by atoms with Gasteiger partial charge in [-0.05, 0) is 56.9 Å². The molecule has 3 N–H and O–H groups in total. The van der Waals surface area contributed by atoms with Gasteiger partial charge in [-0.15, -0.1) is 5.10 Å². The monoisotopic (exact) mass is 456 g/mol. The van der Waals surface area contributed by atoms with Gasteiger partial charge >= 0.3 is 0 Å². The molecule has 9 nitrogen and oxygen atoms in total. The van der Waals surface area contributed by atoms with E-state index in [0.717, 1.165) is 37.1 Å². The van der Waals surface area contributed by atoms with Gasteiger partial charge in [0.1, 0.15) is 11.7 Å². The molecule has 0 radical (unpaired) electrons. The minimum absolute atomic E-state index is 0.0416. The topological polar surface area (TPSA) is 117 Å². The molecule has 0 unspecified atom stereocenters. The Morgan fingerprint density at radius 3 is 2.50 bits per heavy atom. The quantitative estimate of drug-likeness (QED) is 0.591. The van der Waals surface area contributed by atoms with Crippen LogP contribution in [0.15, 0.2) is 36.7 Å². The van der Waals surface area contributed by atoms with Crippen molar-refractivity contribution in [2.24, 2.45) is 12.8 Å². The van der Waals surface area contributed by atoms with Crippen LogP contribution in [0.1, 0.15) is 52.1 Å². The molecule has 2 aromatic heterocycles. The lowest BCUT2D eigenvalue weighted by molar-refractivity contribution is 0.0880. The summed E-state index contributed by atoms with van der Waals surface area (Å²) >= 11 is 5.95. The van der Waals surface area contributed by atoms with E-state index in [-0.39, 0.29) is 29.5 Å². The van der Waals surface area contributed by atoms with Gasteiger partial charge in [0.2, 0.25) is 5.88 Å². The Balaban J connectivity index is 1.34. The number of halogens is 1. The molecule has 4 rings (SSSR count). The lowest BCUT2D eigenvalue weighted by Crippen LogP contribution is -2.40. The van der Waals surface area contributed by atoms with Crippen molar-refractivity contribution >= 4 is 23.4 Å².